The van der Waals surface area contributed by atoms with E-state index in [1.807, 2.05) is 32.0 Å². The lowest BCUT2D eigenvalue weighted by atomic mass is 10.1. The van der Waals surface area contributed by atoms with Gasteiger partial charge in [-0.25, -0.2) is 0 Å². The van der Waals surface area contributed by atoms with Crippen LogP contribution in [0.15, 0.2) is 36.4 Å². The Bertz CT molecular complexity index is 825. The maximum Gasteiger partial charge on any atom is 0.299 e. The molecular weight excluding hydrogens is 354 g/mol. The van der Waals surface area contributed by atoms with Gasteiger partial charge in [0.1, 0.15) is 5.69 Å². The molecule has 0 atom stereocenters. The maximum atomic E-state index is 11.2. The summed E-state index contributed by atoms with van der Waals surface area (Å²) >= 11 is 0. The number of rotatable bonds is 10. The predicted octanol–water partition coefficient (Wildman–Crippen LogP) is 3.96. The smallest absolute Gasteiger partial charge is 0.299 e. The number of non-ortho nitro benzene ring substituents is 1. The van der Waals surface area contributed by atoms with Gasteiger partial charge in [0.05, 0.1) is 29.1 Å². The Morgan fingerprint density at radius 2 is 1.63 bits per heavy atom. The topological polar surface area (TPSA) is 117 Å². The average molecular weight is 375 g/mol. The second-order valence-electron chi connectivity index (χ2n) is 5.54. The number of hydrogen-bond acceptors (Lipinski definition) is 7. The fourth-order valence-electron chi connectivity index (χ4n) is 2.53. The summed E-state index contributed by atoms with van der Waals surface area (Å²) in [6, 6.07) is 9.14. The van der Waals surface area contributed by atoms with Crippen LogP contribution in [0.4, 0.5) is 17.1 Å². The molecule has 144 valence electrons. The van der Waals surface area contributed by atoms with Crippen LogP contribution in [-0.2, 0) is 6.42 Å². The minimum absolute atomic E-state index is 0.238. The molecule has 0 saturated carbocycles. The number of hydrogen-bond donors (Lipinski definition) is 1. The zero-order valence-electron chi connectivity index (χ0n) is 15.1. The van der Waals surface area contributed by atoms with Crippen LogP contribution in [0.5, 0.6) is 11.5 Å². The molecule has 0 radical (unpaired) electrons. The summed E-state index contributed by atoms with van der Waals surface area (Å²) in [5.41, 5.74) is 0.562. The van der Waals surface area contributed by atoms with Gasteiger partial charge in [-0.3, -0.25) is 20.2 Å². The van der Waals surface area contributed by atoms with E-state index in [4.69, 9.17) is 9.47 Å². The van der Waals surface area contributed by atoms with Crippen molar-refractivity contribution in [1.82, 2.24) is 0 Å². The van der Waals surface area contributed by atoms with Gasteiger partial charge in [-0.1, -0.05) is 6.07 Å². The van der Waals surface area contributed by atoms with E-state index in [-0.39, 0.29) is 17.1 Å². The molecule has 0 aromatic heterocycles. The second-order valence-corrected chi connectivity index (χ2v) is 5.54. The number of nitro benzene ring substituents is 2. The Morgan fingerprint density at radius 3 is 2.26 bits per heavy atom. The predicted molar refractivity (Wildman–Crippen MR) is 101 cm³/mol. The van der Waals surface area contributed by atoms with Gasteiger partial charge in [-0.2, -0.15) is 0 Å². The lowest BCUT2D eigenvalue weighted by Crippen LogP contribution is -2.08. The Kier molecular flexibility index (Phi) is 6.93. The molecule has 0 bridgehead atoms. The Morgan fingerprint density at radius 1 is 0.926 bits per heavy atom. The van der Waals surface area contributed by atoms with E-state index in [1.54, 1.807) is 0 Å². The number of nitro groups is 2. The fraction of sp³-hybridized carbons (Fsp3) is 0.333. The fourth-order valence-corrected chi connectivity index (χ4v) is 2.53. The van der Waals surface area contributed by atoms with Gasteiger partial charge in [-0.05, 0) is 44.0 Å². The van der Waals surface area contributed by atoms with Crippen LogP contribution in [0.2, 0.25) is 0 Å². The highest BCUT2D eigenvalue weighted by atomic mass is 16.6. The largest absolute Gasteiger partial charge is 0.490 e. The molecule has 0 aliphatic rings. The van der Waals surface area contributed by atoms with Crippen LogP contribution in [0, 0.1) is 20.2 Å². The summed E-state index contributed by atoms with van der Waals surface area (Å²) in [6.45, 7) is 5.24. The molecule has 0 fully saturated rings. The van der Waals surface area contributed by atoms with E-state index in [1.165, 1.54) is 12.1 Å². The first-order valence-electron chi connectivity index (χ1n) is 8.51. The highest BCUT2D eigenvalue weighted by Crippen LogP contribution is 2.30. The van der Waals surface area contributed by atoms with E-state index < -0.39 is 9.85 Å². The Balaban J connectivity index is 2.08. The summed E-state index contributed by atoms with van der Waals surface area (Å²) in [7, 11) is 0. The van der Waals surface area contributed by atoms with Crippen molar-refractivity contribution in [1.29, 1.82) is 0 Å². The van der Waals surface area contributed by atoms with Crippen molar-refractivity contribution >= 4 is 17.1 Å². The van der Waals surface area contributed by atoms with E-state index in [9.17, 15) is 20.2 Å². The third kappa shape index (κ3) is 5.30. The zero-order chi connectivity index (χ0) is 19.8. The molecule has 2 rings (SSSR count). The molecule has 0 unspecified atom stereocenters. The summed E-state index contributed by atoms with van der Waals surface area (Å²) < 4.78 is 11.1. The molecule has 9 nitrogen and oxygen atoms in total. The van der Waals surface area contributed by atoms with Gasteiger partial charge in [0.15, 0.2) is 11.5 Å². The third-order valence-electron chi connectivity index (χ3n) is 3.73. The van der Waals surface area contributed by atoms with Crippen molar-refractivity contribution in [3.63, 3.8) is 0 Å². The van der Waals surface area contributed by atoms with Gasteiger partial charge < -0.3 is 14.8 Å². The molecule has 9 heteroatoms. The lowest BCUT2D eigenvalue weighted by molar-refractivity contribution is -0.393. The molecule has 0 spiro atoms. The number of ether oxygens (including phenoxy) is 2. The van der Waals surface area contributed by atoms with Crippen molar-refractivity contribution in [2.75, 3.05) is 25.1 Å². The summed E-state index contributed by atoms with van der Waals surface area (Å²) in [4.78, 5) is 20.6. The van der Waals surface area contributed by atoms with Gasteiger partial charge in [0, 0.05) is 12.6 Å². The van der Waals surface area contributed by atoms with Crippen molar-refractivity contribution in [3.8, 4) is 11.5 Å². The molecule has 0 heterocycles. The Labute approximate surface area is 156 Å². The monoisotopic (exact) mass is 375 g/mol. The minimum Gasteiger partial charge on any atom is -0.490 e. The van der Waals surface area contributed by atoms with Crippen molar-refractivity contribution < 1.29 is 19.3 Å². The van der Waals surface area contributed by atoms with Crippen molar-refractivity contribution in [2.24, 2.45) is 0 Å². The quantitative estimate of drug-likeness (QED) is 0.493. The summed E-state index contributed by atoms with van der Waals surface area (Å²) in [5, 5.41) is 24.9. The minimum atomic E-state index is -0.661. The first-order valence-corrected chi connectivity index (χ1v) is 8.51. The first kappa shape index (κ1) is 20.0. The molecule has 0 aliphatic carbocycles. The number of benzene rings is 2. The van der Waals surface area contributed by atoms with E-state index >= 15 is 0 Å². The number of nitrogens with zero attached hydrogens (tertiary/aromatic N) is 2. The second kappa shape index (κ2) is 9.37. The maximum absolute atomic E-state index is 11.2. The van der Waals surface area contributed by atoms with Gasteiger partial charge in [0.25, 0.3) is 11.4 Å². The van der Waals surface area contributed by atoms with Gasteiger partial charge >= 0.3 is 0 Å². The van der Waals surface area contributed by atoms with Crippen LogP contribution in [0.25, 0.3) is 0 Å². The molecule has 0 saturated heterocycles. The normalized spacial score (nSPS) is 10.3. The van der Waals surface area contributed by atoms with Crippen molar-refractivity contribution in [3.05, 3.63) is 62.2 Å². The first-order chi connectivity index (χ1) is 13.0. The van der Waals surface area contributed by atoms with Crippen LogP contribution < -0.4 is 14.8 Å². The van der Waals surface area contributed by atoms with E-state index in [0.29, 0.717) is 37.7 Å². The van der Waals surface area contributed by atoms with Crippen LogP contribution in [0.3, 0.4) is 0 Å². The summed E-state index contributed by atoms with van der Waals surface area (Å²) in [5.74, 6) is 1.32. The highest BCUT2D eigenvalue weighted by molar-refractivity contribution is 5.65. The standard InChI is InChI=1S/C18H21N3O6/c1-3-26-17-8-5-13(11-18(17)27-4-2)9-10-19-15-7-6-14(20(22)23)12-16(15)21(24)25/h5-8,11-12,19H,3-4,9-10H2,1-2H3. The molecule has 27 heavy (non-hydrogen) atoms. The molecule has 2 aromatic carbocycles. The average Bonchev–Trinajstić information content (AvgIpc) is 2.64. The van der Waals surface area contributed by atoms with E-state index in [2.05, 4.69) is 5.32 Å². The summed E-state index contributed by atoms with van der Waals surface area (Å²) in [6.07, 6.45) is 0.584. The lowest BCUT2D eigenvalue weighted by Gasteiger charge is -2.13. The molecule has 2 aromatic rings. The number of anilines is 1. The van der Waals surface area contributed by atoms with Gasteiger partial charge in [-0.15, -0.1) is 0 Å². The molecule has 1 N–H and O–H groups in total. The number of nitrogens with one attached hydrogen (secondary N) is 1. The van der Waals surface area contributed by atoms with Crippen LogP contribution >= 0.6 is 0 Å². The highest BCUT2D eigenvalue weighted by Gasteiger charge is 2.19. The molecular formula is C18H21N3O6. The zero-order valence-corrected chi connectivity index (χ0v) is 15.1. The van der Waals surface area contributed by atoms with Gasteiger partial charge in [0.2, 0.25) is 0 Å². The molecule has 0 amide bonds. The van der Waals surface area contributed by atoms with Crippen molar-refractivity contribution in [2.45, 2.75) is 20.3 Å². The molecule has 0 aliphatic heterocycles. The van der Waals surface area contributed by atoms with E-state index in [0.717, 1.165) is 11.6 Å². The SMILES string of the molecule is CCOc1ccc(CCNc2ccc([N+](=O)[O-])cc2[N+](=O)[O-])cc1OCC. The third-order valence-corrected chi connectivity index (χ3v) is 3.73. The van der Waals surface area contributed by atoms with Crippen LogP contribution in [-0.4, -0.2) is 29.6 Å². The van der Waals surface area contributed by atoms with Crippen LogP contribution in [0.1, 0.15) is 19.4 Å². The Hall–Kier alpha value is -3.36.